The lowest BCUT2D eigenvalue weighted by Crippen LogP contribution is -2.36. The molecule has 8 unspecified atom stereocenters. The zero-order valence-electron chi connectivity index (χ0n) is 11.8. The van der Waals surface area contributed by atoms with Crippen LogP contribution in [0.3, 0.4) is 0 Å². The molecule has 3 saturated carbocycles. The fraction of sp³-hybridized carbons (Fsp3) is 0.778. The van der Waals surface area contributed by atoms with E-state index in [4.69, 9.17) is 0 Å². The van der Waals surface area contributed by atoms with Crippen LogP contribution in [0.5, 0.6) is 0 Å². The lowest BCUT2D eigenvalue weighted by atomic mass is 9.63. The molecule has 18 heavy (non-hydrogen) atoms. The summed E-state index contributed by atoms with van der Waals surface area (Å²) in [7, 11) is 0. The third kappa shape index (κ3) is 1.27. The monoisotopic (exact) mass is 242 g/mol. The number of fused-ring (bicyclic) bond motifs is 9. The van der Waals surface area contributed by atoms with Crippen molar-refractivity contribution < 1.29 is 0 Å². The average Bonchev–Trinajstić information content (AvgIpc) is 3.05. The highest BCUT2D eigenvalue weighted by molar-refractivity contribution is 5.23. The lowest BCUT2D eigenvalue weighted by Gasteiger charge is -2.41. The zero-order chi connectivity index (χ0) is 12.4. The maximum absolute atomic E-state index is 4.18. The van der Waals surface area contributed by atoms with Crippen LogP contribution >= 0.6 is 0 Å². The molecule has 0 N–H and O–H groups in total. The summed E-state index contributed by atoms with van der Waals surface area (Å²) in [5.74, 6) is 8.66. The van der Waals surface area contributed by atoms with Gasteiger partial charge in [0.1, 0.15) is 0 Å². The van der Waals surface area contributed by atoms with Crippen molar-refractivity contribution in [1.29, 1.82) is 0 Å². The summed E-state index contributed by atoms with van der Waals surface area (Å²) in [4.78, 5) is 0. The second-order valence-electron chi connectivity index (χ2n) is 7.77. The van der Waals surface area contributed by atoms with Gasteiger partial charge in [-0.2, -0.15) is 0 Å². The van der Waals surface area contributed by atoms with Crippen molar-refractivity contribution in [2.75, 3.05) is 0 Å². The van der Waals surface area contributed by atoms with Crippen LogP contribution < -0.4 is 0 Å². The van der Waals surface area contributed by atoms with Crippen LogP contribution in [0.2, 0.25) is 0 Å². The van der Waals surface area contributed by atoms with Gasteiger partial charge in [-0.15, -0.1) is 6.58 Å². The number of rotatable bonds is 3. The quantitative estimate of drug-likeness (QED) is 0.503. The highest BCUT2D eigenvalue weighted by atomic mass is 14.7. The van der Waals surface area contributed by atoms with Crippen molar-refractivity contribution in [2.24, 2.45) is 53.3 Å². The summed E-state index contributed by atoms with van der Waals surface area (Å²) in [5, 5.41) is 0. The van der Waals surface area contributed by atoms with Crippen LogP contribution in [-0.2, 0) is 0 Å². The summed E-state index contributed by atoms with van der Waals surface area (Å²) in [6.45, 7) is 8.96. The van der Waals surface area contributed by atoms with E-state index < -0.39 is 0 Å². The topological polar surface area (TPSA) is 0 Å². The molecular weight excluding hydrogens is 216 g/mol. The number of hydrogen-bond donors (Lipinski definition) is 0. The fourth-order valence-electron chi connectivity index (χ4n) is 6.44. The van der Waals surface area contributed by atoms with Gasteiger partial charge in [0.2, 0.25) is 0 Å². The van der Waals surface area contributed by atoms with Gasteiger partial charge in [-0.1, -0.05) is 32.1 Å². The SMILES string of the molecule is C=CC1C(CC(C)C)C2CC1C1C3C=CC(C3)C21. The van der Waals surface area contributed by atoms with Crippen molar-refractivity contribution >= 4 is 0 Å². The number of hydrogen-bond acceptors (Lipinski definition) is 0. The highest BCUT2D eigenvalue weighted by Gasteiger charge is 2.63. The van der Waals surface area contributed by atoms with Gasteiger partial charge in [-0.3, -0.25) is 0 Å². The molecule has 8 atom stereocenters. The van der Waals surface area contributed by atoms with E-state index in [2.05, 4.69) is 38.7 Å². The van der Waals surface area contributed by atoms with E-state index in [1.54, 1.807) is 0 Å². The van der Waals surface area contributed by atoms with Gasteiger partial charge in [0, 0.05) is 0 Å². The molecule has 0 aliphatic heterocycles. The Morgan fingerprint density at radius 3 is 2.39 bits per heavy atom. The van der Waals surface area contributed by atoms with Crippen LogP contribution in [0.1, 0.15) is 33.1 Å². The van der Waals surface area contributed by atoms with Crippen molar-refractivity contribution in [3.05, 3.63) is 24.8 Å². The Labute approximate surface area is 112 Å². The molecule has 4 bridgehead atoms. The van der Waals surface area contributed by atoms with Crippen LogP contribution in [-0.4, -0.2) is 0 Å². The standard InChI is InChI=1S/C18H26/c1-4-13-14(7-10(2)3)16-9-15(13)17-11-5-6-12(8-11)18(16)17/h4-6,10-18H,1,7-9H2,2-3H3. The Bertz CT molecular complexity index is 391. The lowest BCUT2D eigenvalue weighted by molar-refractivity contribution is 0.0984. The average molecular weight is 242 g/mol. The van der Waals surface area contributed by atoms with Gasteiger partial charge in [-0.05, 0) is 72.5 Å². The summed E-state index contributed by atoms with van der Waals surface area (Å²) in [6, 6.07) is 0. The molecule has 4 rings (SSSR count). The molecule has 0 amide bonds. The Morgan fingerprint density at radius 2 is 1.78 bits per heavy atom. The van der Waals surface area contributed by atoms with E-state index in [-0.39, 0.29) is 0 Å². The molecule has 0 radical (unpaired) electrons. The Balaban J connectivity index is 1.66. The first-order valence-electron chi connectivity index (χ1n) is 8.01. The van der Waals surface area contributed by atoms with E-state index in [1.165, 1.54) is 19.3 Å². The van der Waals surface area contributed by atoms with Gasteiger partial charge in [0.05, 0.1) is 0 Å². The Kier molecular flexibility index (Phi) is 2.35. The molecule has 0 aromatic rings. The molecule has 4 aliphatic rings. The van der Waals surface area contributed by atoms with Gasteiger partial charge in [0.25, 0.3) is 0 Å². The fourth-order valence-corrected chi connectivity index (χ4v) is 6.44. The predicted molar refractivity (Wildman–Crippen MR) is 75.9 cm³/mol. The molecule has 0 heteroatoms. The van der Waals surface area contributed by atoms with Crippen molar-refractivity contribution in [2.45, 2.75) is 33.1 Å². The van der Waals surface area contributed by atoms with Crippen LogP contribution in [0.25, 0.3) is 0 Å². The largest absolute Gasteiger partial charge is 0.103 e. The molecule has 0 nitrogen and oxygen atoms in total. The van der Waals surface area contributed by atoms with Crippen LogP contribution in [0.4, 0.5) is 0 Å². The first kappa shape index (κ1) is 11.3. The third-order valence-electron chi connectivity index (χ3n) is 6.67. The van der Waals surface area contributed by atoms with Gasteiger partial charge < -0.3 is 0 Å². The minimum Gasteiger partial charge on any atom is -0.103 e. The molecule has 0 aromatic heterocycles. The van der Waals surface area contributed by atoms with E-state index in [9.17, 15) is 0 Å². The predicted octanol–water partition coefficient (Wildman–Crippen LogP) is 4.54. The molecule has 98 valence electrons. The zero-order valence-corrected chi connectivity index (χ0v) is 11.8. The Hall–Kier alpha value is -0.520. The van der Waals surface area contributed by atoms with Crippen molar-refractivity contribution in [3.63, 3.8) is 0 Å². The summed E-state index contributed by atoms with van der Waals surface area (Å²) < 4.78 is 0. The smallest absolute Gasteiger partial charge is 0.0174 e. The minimum absolute atomic E-state index is 0.839. The molecule has 4 aliphatic carbocycles. The molecule has 0 saturated heterocycles. The molecular formula is C18H26. The molecule has 0 spiro atoms. The van der Waals surface area contributed by atoms with Gasteiger partial charge in [-0.25, -0.2) is 0 Å². The van der Waals surface area contributed by atoms with Gasteiger partial charge in [0.15, 0.2) is 0 Å². The van der Waals surface area contributed by atoms with E-state index >= 15 is 0 Å². The summed E-state index contributed by atoms with van der Waals surface area (Å²) in [5.41, 5.74) is 0. The van der Waals surface area contributed by atoms with E-state index in [1.807, 2.05) is 0 Å². The summed E-state index contributed by atoms with van der Waals surface area (Å²) >= 11 is 0. The first-order chi connectivity index (χ1) is 8.70. The van der Waals surface area contributed by atoms with Crippen LogP contribution in [0.15, 0.2) is 24.8 Å². The van der Waals surface area contributed by atoms with Crippen molar-refractivity contribution in [3.8, 4) is 0 Å². The maximum atomic E-state index is 4.18. The normalized spacial score (nSPS) is 55.5. The summed E-state index contributed by atoms with van der Waals surface area (Å²) in [6.07, 6.45) is 11.9. The minimum atomic E-state index is 0.839. The Morgan fingerprint density at radius 1 is 1.11 bits per heavy atom. The maximum Gasteiger partial charge on any atom is -0.0174 e. The first-order valence-corrected chi connectivity index (χ1v) is 8.01. The third-order valence-corrected chi connectivity index (χ3v) is 6.67. The number of allylic oxidation sites excluding steroid dienone is 3. The molecule has 0 heterocycles. The van der Waals surface area contributed by atoms with Crippen LogP contribution in [0, 0.1) is 53.3 Å². The van der Waals surface area contributed by atoms with E-state index in [0.29, 0.717) is 0 Å². The van der Waals surface area contributed by atoms with E-state index in [0.717, 1.165) is 53.3 Å². The van der Waals surface area contributed by atoms with Crippen molar-refractivity contribution in [1.82, 2.24) is 0 Å². The highest BCUT2D eigenvalue weighted by Crippen LogP contribution is 2.69. The second kappa shape index (κ2) is 3.74. The second-order valence-corrected chi connectivity index (χ2v) is 7.77. The molecule has 0 aromatic carbocycles. The molecule has 3 fully saturated rings. The van der Waals surface area contributed by atoms with Gasteiger partial charge >= 0.3 is 0 Å².